The molecule has 1 aliphatic carbocycles. The summed E-state index contributed by atoms with van der Waals surface area (Å²) in [5.74, 6) is 0.0224. The van der Waals surface area contributed by atoms with E-state index in [1.165, 1.54) is 22.7 Å². The maximum absolute atomic E-state index is 13.7. The summed E-state index contributed by atoms with van der Waals surface area (Å²) in [5.41, 5.74) is 3.30. The molecule has 0 unspecified atom stereocenters. The Morgan fingerprint density at radius 2 is 1.77 bits per heavy atom. The summed E-state index contributed by atoms with van der Waals surface area (Å²) >= 11 is 3.57. The summed E-state index contributed by atoms with van der Waals surface area (Å²) in [4.78, 5) is 0. The second kappa shape index (κ2) is 9.00. The van der Waals surface area contributed by atoms with Gasteiger partial charge in [-0.05, 0) is 71.7 Å². The Kier molecular flexibility index (Phi) is 6.51. The van der Waals surface area contributed by atoms with Crippen LogP contribution in [0.15, 0.2) is 40.9 Å². The molecule has 2 aliphatic rings. The van der Waals surface area contributed by atoms with Gasteiger partial charge >= 0.3 is 0 Å². The Morgan fingerprint density at radius 1 is 1.10 bits per heavy atom. The van der Waals surface area contributed by atoms with Gasteiger partial charge in [0.2, 0.25) is 10.0 Å². The largest absolute Gasteiger partial charge is 0.494 e. The molecule has 1 aliphatic heterocycles. The van der Waals surface area contributed by atoms with Crippen molar-refractivity contribution in [3.63, 3.8) is 0 Å². The van der Waals surface area contributed by atoms with Crippen molar-refractivity contribution in [3.8, 4) is 5.75 Å². The Bertz CT molecular complexity index is 1110. The zero-order valence-electron chi connectivity index (χ0n) is 17.2. The van der Waals surface area contributed by atoms with Crippen LogP contribution in [0.25, 0.3) is 5.57 Å². The zero-order chi connectivity index (χ0) is 22.2. The molecule has 0 atom stereocenters. The van der Waals surface area contributed by atoms with E-state index in [0.717, 1.165) is 52.3 Å². The molecular weight excluding hydrogens is 488 g/mol. The molecule has 166 valence electrons. The smallest absolute Gasteiger partial charge is 0.211 e. The van der Waals surface area contributed by atoms with E-state index in [1.54, 1.807) is 0 Å². The first-order chi connectivity index (χ1) is 14.7. The molecule has 0 saturated carbocycles. The molecule has 1 saturated heterocycles. The molecular formula is C23H24BrF2NO3S. The van der Waals surface area contributed by atoms with Gasteiger partial charge in [-0.25, -0.2) is 21.5 Å². The maximum atomic E-state index is 13.7. The molecule has 2 aromatic rings. The molecule has 4 rings (SSSR count). The average Bonchev–Trinajstić information content (AvgIpc) is 3.02. The van der Waals surface area contributed by atoms with Gasteiger partial charge in [0, 0.05) is 30.1 Å². The molecule has 0 bridgehead atoms. The van der Waals surface area contributed by atoms with Crippen LogP contribution in [0.1, 0.15) is 36.0 Å². The first kappa shape index (κ1) is 22.4. The summed E-state index contributed by atoms with van der Waals surface area (Å²) in [7, 11) is -3.10. The van der Waals surface area contributed by atoms with Gasteiger partial charge in [0.05, 0.1) is 12.9 Å². The van der Waals surface area contributed by atoms with Crippen LogP contribution in [0.4, 0.5) is 8.78 Å². The number of sulfonamides is 1. The number of allylic oxidation sites excluding steroid dienone is 1. The van der Waals surface area contributed by atoms with Crippen molar-refractivity contribution in [2.45, 2.75) is 25.7 Å². The number of piperidine rings is 1. The van der Waals surface area contributed by atoms with E-state index in [1.807, 2.05) is 18.2 Å². The number of ether oxygens (including phenoxy) is 1. The minimum Gasteiger partial charge on any atom is -0.494 e. The lowest BCUT2D eigenvalue weighted by molar-refractivity contribution is 0.219. The van der Waals surface area contributed by atoms with Gasteiger partial charge in [-0.15, -0.1) is 0 Å². The monoisotopic (exact) mass is 511 g/mol. The van der Waals surface area contributed by atoms with Crippen molar-refractivity contribution in [2.75, 3.05) is 26.0 Å². The number of hydrogen-bond acceptors (Lipinski definition) is 3. The minimum absolute atomic E-state index is 0.456. The predicted molar refractivity (Wildman–Crippen MR) is 121 cm³/mol. The number of halogens is 3. The topological polar surface area (TPSA) is 46.6 Å². The van der Waals surface area contributed by atoms with Crippen molar-refractivity contribution in [3.05, 3.63) is 69.2 Å². The molecule has 0 N–H and O–H groups in total. The minimum atomic E-state index is -3.10. The molecule has 4 nitrogen and oxygen atoms in total. The van der Waals surface area contributed by atoms with Gasteiger partial charge in [-0.1, -0.05) is 22.0 Å². The van der Waals surface area contributed by atoms with Crippen LogP contribution in [0, 0.1) is 17.6 Å². The first-order valence-electron chi connectivity index (χ1n) is 10.3. The summed E-state index contributed by atoms with van der Waals surface area (Å²) in [5, 5.41) is 0. The lowest BCUT2D eigenvalue weighted by Gasteiger charge is -2.30. The lowest BCUT2D eigenvalue weighted by Crippen LogP contribution is -2.38. The van der Waals surface area contributed by atoms with Crippen LogP contribution < -0.4 is 4.74 Å². The number of nitrogens with zero attached hydrogens (tertiary/aromatic N) is 1. The fourth-order valence-electron chi connectivity index (χ4n) is 4.34. The van der Waals surface area contributed by atoms with Crippen molar-refractivity contribution >= 4 is 31.5 Å². The van der Waals surface area contributed by atoms with Crippen LogP contribution in [0.5, 0.6) is 5.75 Å². The highest BCUT2D eigenvalue weighted by molar-refractivity contribution is 9.11. The quantitative estimate of drug-likeness (QED) is 0.540. The third-order valence-electron chi connectivity index (χ3n) is 5.95. The van der Waals surface area contributed by atoms with E-state index in [0.29, 0.717) is 37.6 Å². The van der Waals surface area contributed by atoms with Crippen LogP contribution in [0.2, 0.25) is 0 Å². The van der Waals surface area contributed by atoms with Gasteiger partial charge < -0.3 is 4.74 Å². The van der Waals surface area contributed by atoms with Crippen LogP contribution in [0.3, 0.4) is 0 Å². The highest BCUT2D eigenvalue weighted by Gasteiger charge is 2.25. The van der Waals surface area contributed by atoms with Gasteiger partial charge in [0.25, 0.3) is 0 Å². The van der Waals surface area contributed by atoms with Crippen LogP contribution in [-0.2, 0) is 16.4 Å². The Hall–Kier alpha value is -1.77. The summed E-state index contributed by atoms with van der Waals surface area (Å²) in [6.45, 7) is 1.72. The van der Waals surface area contributed by atoms with E-state index in [-0.39, 0.29) is 0 Å². The second-order valence-corrected chi connectivity index (χ2v) is 11.1. The molecule has 1 heterocycles. The molecule has 0 spiro atoms. The number of benzene rings is 2. The molecule has 0 radical (unpaired) electrons. The van der Waals surface area contributed by atoms with Crippen molar-refractivity contribution in [1.82, 2.24) is 4.31 Å². The second-order valence-electron chi connectivity index (χ2n) is 8.18. The van der Waals surface area contributed by atoms with Crippen molar-refractivity contribution in [2.24, 2.45) is 5.92 Å². The van der Waals surface area contributed by atoms with Crippen LogP contribution in [-0.4, -0.2) is 38.7 Å². The number of fused-ring (bicyclic) bond motifs is 1. The molecule has 8 heteroatoms. The zero-order valence-corrected chi connectivity index (χ0v) is 19.6. The fraction of sp³-hybridized carbons (Fsp3) is 0.391. The lowest BCUT2D eigenvalue weighted by atomic mass is 9.95. The highest BCUT2D eigenvalue weighted by atomic mass is 79.9. The third-order valence-corrected chi connectivity index (χ3v) is 7.93. The number of rotatable bonds is 6. The first-order valence-corrected chi connectivity index (χ1v) is 12.9. The van der Waals surface area contributed by atoms with Crippen molar-refractivity contribution < 1.29 is 21.9 Å². The molecule has 31 heavy (non-hydrogen) atoms. The van der Waals surface area contributed by atoms with E-state index < -0.39 is 21.7 Å². The Labute approximate surface area is 190 Å². The fourth-order valence-corrected chi connectivity index (χ4v) is 5.95. The van der Waals surface area contributed by atoms with E-state index in [2.05, 4.69) is 15.9 Å². The number of hydrogen-bond donors (Lipinski definition) is 0. The SMILES string of the molecule is CS(=O)(=O)N1CCC(CCOc2ccc3c(c2)CC(Br)=C3c2cc(F)cc(F)c2)CC1. The Balaban J connectivity index is 1.37. The predicted octanol–water partition coefficient (Wildman–Crippen LogP) is 5.12. The van der Waals surface area contributed by atoms with Gasteiger partial charge in [-0.3, -0.25) is 0 Å². The standard InChI is InChI=1S/C23H24BrF2NO3S/c1-31(28,29)27-7-4-15(5-8-27)6-9-30-20-2-3-21-16(12-20)13-22(24)23(21)17-10-18(25)14-19(26)11-17/h2-3,10-12,14-15H,4-9,13H2,1H3. The molecule has 0 amide bonds. The summed E-state index contributed by atoms with van der Waals surface area (Å²) in [6.07, 6.45) is 4.48. The van der Waals surface area contributed by atoms with Gasteiger partial charge in [0.15, 0.2) is 0 Å². The normalized spacial score (nSPS) is 17.8. The van der Waals surface area contributed by atoms with E-state index in [4.69, 9.17) is 4.74 Å². The van der Waals surface area contributed by atoms with E-state index >= 15 is 0 Å². The molecule has 2 aromatic carbocycles. The van der Waals surface area contributed by atoms with Crippen molar-refractivity contribution in [1.29, 1.82) is 0 Å². The maximum Gasteiger partial charge on any atom is 0.211 e. The summed E-state index contributed by atoms with van der Waals surface area (Å²) < 4.78 is 59.0. The van der Waals surface area contributed by atoms with E-state index in [9.17, 15) is 17.2 Å². The van der Waals surface area contributed by atoms with Gasteiger partial charge in [-0.2, -0.15) is 0 Å². The summed E-state index contributed by atoms with van der Waals surface area (Å²) in [6, 6.07) is 9.35. The molecule has 1 fully saturated rings. The highest BCUT2D eigenvalue weighted by Crippen LogP contribution is 2.41. The average molecular weight is 512 g/mol. The van der Waals surface area contributed by atoms with Gasteiger partial charge in [0.1, 0.15) is 17.4 Å². The van der Waals surface area contributed by atoms with Crippen LogP contribution >= 0.6 is 15.9 Å². The third kappa shape index (κ3) is 5.18. The Morgan fingerprint density at radius 3 is 2.42 bits per heavy atom. The molecule has 0 aromatic heterocycles.